The van der Waals surface area contributed by atoms with E-state index in [1.165, 1.54) is 0 Å². The molecule has 1 fully saturated rings. The molecule has 0 bridgehead atoms. The molecule has 0 heterocycles. The molecule has 2 rings (SSSR count). The predicted molar refractivity (Wildman–Crippen MR) is 67.1 cm³/mol. The molecular formula is C13H15F3N2O2. The quantitative estimate of drug-likeness (QED) is 0.817. The van der Waals surface area contributed by atoms with Gasteiger partial charge in [-0.05, 0) is 25.0 Å². The fraction of sp³-hybridized carbons (Fsp3) is 0.462. The molecule has 1 aromatic rings. The molecule has 0 saturated heterocycles. The van der Waals surface area contributed by atoms with E-state index in [9.17, 15) is 18.0 Å². The Morgan fingerprint density at radius 2 is 2.10 bits per heavy atom. The van der Waals surface area contributed by atoms with E-state index < -0.39 is 17.6 Å². The van der Waals surface area contributed by atoms with Gasteiger partial charge in [0.1, 0.15) is 11.3 Å². The number of rotatable bonds is 5. The molecule has 20 heavy (non-hydrogen) atoms. The molecule has 1 aliphatic carbocycles. The first-order chi connectivity index (χ1) is 9.32. The van der Waals surface area contributed by atoms with E-state index in [2.05, 4.69) is 0 Å². The average Bonchev–Trinajstić information content (AvgIpc) is 3.09. The Hall–Kier alpha value is -1.92. The van der Waals surface area contributed by atoms with Gasteiger partial charge < -0.3 is 15.8 Å². The van der Waals surface area contributed by atoms with Crippen LogP contribution in [0.2, 0.25) is 0 Å². The van der Waals surface area contributed by atoms with Gasteiger partial charge in [0.2, 0.25) is 5.91 Å². The second kappa shape index (κ2) is 5.22. The van der Waals surface area contributed by atoms with E-state index in [0.29, 0.717) is 11.4 Å². The lowest BCUT2D eigenvalue weighted by atomic mass is 10.2. The van der Waals surface area contributed by atoms with Crippen molar-refractivity contribution in [3.8, 4) is 5.75 Å². The van der Waals surface area contributed by atoms with Crippen molar-refractivity contribution in [3.05, 3.63) is 24.3 Å². The van der Waals surface area contributed by atoms with Crippen LogP contribution >= 0.6 is 0 Å². The lowest BCUT2D eigenvalue weighted by Gasteiger charge is -2.20. The monoisotopic (exact) mass is 288 g/mol. The highest BCUT2D eigenvalue weighted by Gasteiger charge is 2.64. The summed E-state index contributed by atoms with van der Waals surface area (Å²) in [5, 5.41) is 2.04. The van der Waals surface area contributed by atoms with Crippen LogP contribution in [-0.4, -0.2) is 24.2 Å². The Morgan fingerprint density at radius 1 is 1.40 bits per heavy atom. The predicted octanol–water partition coefficient (Wildman–Crippen LogP) is 2.25. The normalized spacial score (nSPS) is 16.6. The molecular weight excluding hydrogens is 273 g/mol. The summed E-state index contributed by atoms with van der Waals surface area (Å²) in [6.07, 6.45) is -4.64. The highest BCUT2D eigenvalue weighted by Crippen LogP contribution is 2.48. The molecule has 110 valence electrons. The average molecular weight is 288 g/mol. The number of ether oxygens (including phenoxy) is 1. The van der Waals surface area contributed by atoms with Crippen molar-refractivity contribution in [2.45, 2.75) is 31.0 Å². The van der Waals surface area contributed by atoms with E-state index in [1.807, 2.05) is 5.32 Å². The standard InChI is InChI=1S/C13H15F3N2O2/c14-13(15,16)12(5-6-12)18-11(19)4-7-20-10-3-1-2-9(17)8-10/h1-3,8H,4-7,17H2,(H,18,19). The summed E-state index contributed by atoms with van der Waals surface area (Å²) in [5.74, 6) is -0.182. The van der Waals surface area contributed by atoms with Crippen LogP contribution in [0.1, 0.15) is 19.3 Å². The zero-order chi connectivity index (χ0) is 14.8. The van der Waals surface area contributed by atoms with Gasteiger partial charge >= 0.3 is 6.18 Å². The minimum absolute atomic E-state index is 0.00320. The van der Waals surface area contributed by atoms with Crippen molar-refractivity contribution in [3.63, 3.8) is 0 Å². The number of alkyl halides is 3. The highest BCUT2D eigenvalue weighted by molar-refractivity contribution is 5.77. The third-order valence-electron chi connectivity index (χ3n) is 3.13. The number of amides is 1. The minimum Gasteiger partial charge on any atom is -0.493 e. The third-order valence-corrected chi connectivity index (χ3v) is 3.13. The number of carbonyl (C=O) groups excluding carboxylic acids is 1. The first kappa shape index (κ1) is 14.5. The zero-order valence-electron chi connectivity index (χ0n) is 10.7. The maximum atomic E-state index is 12.6. The summed E-state index contributed by atoms with van der Waals surface area (Å²) in [6.45, 7) is 0.00320. The van der Waals surface area contributed by atoms with Crippen molar-refractivity contribution in [2.75, 3.05) is 12.3 Å². The van der Waals surface area contributed by atoms with Gasteiger partial charge in [-0.1, -0.05) is 6.07 Å². The van der Waals surface area contributed by atoms with Crippen LogP contribution in [-0.2, 0) is 4.79 Å². The Balaban J connectivity index is 1.76. The maximum Gasteiger partial charge on any atom is 0.411 e. The van der Waals surface area contributed by atoms with Gasteiger partial charge in [0.15, 0.2) is 0 Å². The van der Waals surface area contributed by atoms with Gasteiger partial charge in [0.05, 0.1) is 13.0 Å². The largest absolute Gasteiger partial charge is 0.493 e. The van der Waals surface area contributed by atoms with Crippen LogP contribution < -0.4 is 15.8 Å². The van der Waals surface area contributed by atoms with Crippen molar-refractivity contribution in [1.82, 2.24) is 5.32 Å². The number of carbonyl (C=O) groups is 1. The second-order valence-electron chi connectivity index (χ2n) is 4.80. The summed E-state index contributed by atoms with van der Waals surface area (Å²) >= 11 is 0. The van der Waals surface area contributed by atoms with Gasteiger partial charge in [-0.25, -0.2) is 0 Å². The topological polar surface area (TPSA) is 64.3 Å². The summed E-state index contributed by atoms with van der Waals surface area (Å²) in [5.41, 5.74) is 4.05. The number of anilines is 1. The summed E-state index contributed by atoms with van der Waals surface area (Å²) in [6, 6.07) is 6.61. The van der Waals surface area contributed by atoms with Gasteiger partial charge in [-0.3, -0.25) is 4.79 Å². The lowest BCUT2D eigenvalue weighted by Crippen LogP contribution is -2.48. The molecule has 7 heteroatoms. The van der Waals surface area contributed by atoms with Crippen LogP contribution in [0.4, 0.5) is 18.9 Å². The van der Waals surface area contributed by atoms with Crippen LogP contribution in [0, 0.1) is 0 Å². The Kier molecular flexibility index (Phi) is 3.78. The van der Waals surface area contributed by atoms with Crippen LogP contribution in [0.15, 0.2) is 24.3 Å². The second-order valence-corrected chi connectivity index (χ2v) is 4.80. The number of nitrogens with one attached hydrogen (secondary N) is 1. The third kappa shape index (κ3) is 3.34. The van der Waals surface area contributed by atoms with Crippen molar-refractivity contribution in [2.24, 2.45) is 0 Å². The molecule has 0 spiro atoms. The number of halogens is 3. The lowest BCUT2D eigenvalue weighted by molar-refractivity contribution is -0.170. The minimum atomic E-state index is -4.39. The van der Waals surface area contributed by atoms with Crippen molar-refractivity contribution < 1.29 is 22.7 Å². The summed E-state index contributed by atoms with van der Waals surface area (Å²) < 4.78 is 43.1. The van der Waals surface area contributed by atoms with E-state index >= 15 is 0 Å². The van der Waals surface area contributed by atoms with Gasteiger partial charge in [0, 0.05) is 11.8 Å². The number of hydrogen-bond acceptors (Lipinski definition) is 3. The van der Waals surface area contributed by atoms with E-state index in [-0.39, 0.29) is 25.9 Å². The summed E-state index contributed by atoms with van der Waals surface area (Å²) in [4.78, 5) is 11.5. The molecule has 0 unspecified atom stereocenters. The van der Waals surface area contributed by atoms with Crippen molar-refractivity contribution in [1.29, 1.82) is 0 Å². The van der Waals surface area contributed by atoms with Gasteiger partial charge in [0.25, 0.3) is 0 Å². The number of nitrogens with two attached hydrogens (primary N) is 1. The first-order valence-corrected chi connectivity index (χ1v) is 6.18. The van der Waals surface area contributed by atoms with Crippen LogP contribution in [0.5, 0.6) is 5.75 Å². The van der Waals surface area contributed by atoms with Crippen LogP contribution in [0.25, 0.3) is 0 Å². The molecule has 1 aromatic carbocycles. The Labute approximate surface area is 114 Å². The molecule has 0 aromatic heterocycles. The summed E-state index contributed by atoms with van der Waals surface area (Å²) in [7, 11) is 0. The molecule has 0 atom stereocenters. The van der Waals surface area contributed by atoms with E-state index in [1.54, 1.807) is 24.3 Å². The van der Waals surface area contributed by atoms with Crippen molar-refractivity contribution >= 4 is 11.6 Å². The van der Waals surface area contributed by atoms with E-state index in [4.69, 9.17) is 10.5 Å². The molecule has 0 aliphatic heterocycles. The molecule has 3 N–H and O–H groups in total. The molecule has 1 saturated carbocycles. The first-order valence-electron chi connectivity index (χ1n) is 6.18. The highest BCUT2D eigenvalue weighted by atomic mass is 19.4. The molecule has 1 amide bonds. The molecule has 0 radical (unpaired) electrons. The molecule has 4 nitrogen and oxygen atoms in total. The number of hydrogen-bond donors (Lipinski definition) is 2. The molecule has 1 aliphatic rings. The Morgan fingerprint density at radius 3 is 2.65 bits per heavy atom. The number of nitrogen functional groups attached to an aromatic ring is 1. The smallest absolute Gasteiger partial charge is 0.411 e. The fourth-order valence-corrected chi connectivity index (χ4v) is 1.80. The maximum absolute atomic E-state index is 12.6. The number of benzene rings is 1. The van der Waals surface area contributed by atoms with Gasteiger partial charge in [-0.15, -0.1) is 0 Å². The zero-order valence-corrected chi connectivity index (χ0v) is 10.7. The fourth-order valence-electron chi connectivity index (χ4n) is 1.80. The Bertz CT molecular complexity index is 499. The van der Waals surface area contributed by atoms with E-state index in [0.717, 1.165) is 0 Å². The SMILES string of the molecule is Nc1cccc(OCCC(=O)NC2(C(F)(F)F)CC2)c1. The van der Waals surface area contributed by atoms with Crippen LogP contribution in [0.3, 0.4) is 0 Å². The van der Waals surface area contributed by atoms with Gasteiger partial charge in [-0.2, -0.15) is 13.2 Å².